The number of carbonyl (C=O) groups excluding carboxylic acids is 1. The first-order valence-electron chi connectivity index (χ1n) is 5.98. The zero-order valence-corrected chi connectivity index (χ0v) is 11.9. The number of ketones is 1. The lowest BCUT2D eigenvalue weighted by Crippen LogP contribution is -2.02. The monoisotopic (exact) mass is 274 g/mol. The van der Waals surface area contributed by atoms with Crippen LogP contribution in [0.4, 0.5) is 0 Å². The van der Waals surface area contributed by atoms with Crippen molar-refractivity contribution in [3.05, 3.63) is 63.7 Å². The van der Waals surface area contributed by atoms with Gasteiger partial charge in [0.1, 0.15) is 5.75 Å². The van der Waals surface area contributed by atoms with Gasteiger partial charge in [0.25, 0.3) is 0 Å². The van der Waals surface area contributed by atoms with Crippen LogP contribution in [0.3, 0.4) is 0 Å². The number of benzene rings is 2. The van der Waals surface area contributed by atoms with Crippen molar-refractivity contribution in [1.29, 1.82) is 0 Å². The van der Waals surface area contributed by atoms with Gasteiger partial charge in [0.15, 0.2) is 5.78 Å². The van der Waals surface area contributed by atoms with E-state index in [1.807, 2.05) is 32.0 Å². The van der Waals surface area contributed by atoms with Crippen molar-refractivity contribution in [2.75, 3.05) is 7.11 Å². The van der Waals surface area contributed by atoms with E-state index in [1.165, 1.54) is 0 Å². The topological polar surface area (TPSA) is 26.3 Å². The number of ether oxygens (including phenoxy) is 1. The molecular weight excluding hydrogens is 260 g/mol. The third kappa shape index (κ3) is 2.96. The molecule has 2 aromatic rings. The maximum atomic E-state index is 12.4. The Labute approximate surface area is 118 Å². The molecule has 0 atom stereocenters. The summed E-state index contributed by atoms with van der Waals surface area (Å²) in [5.74, 6) is 0.746. The van der Waals surface area contributed by atoms with E-state index in [9.17, 15) is 4.79 Å². The normalized spacial score (nSPS) is 10.3. The number of halogens is 1. The smallest absolute Gasteiger partial charge is 0.193 e. The van der Waals surface area contributed by atoms with Gasteiger partial charge in [-0.1, -0.05) is 11.6 Å². The lowest BCUT2D eigenvalue weighted by atomic mass is 10.00. The molecule has 0 saturated heterocycles. The lowest BCUT2D eigenvalue weighted by molar-refractivity contribution is 0.103. The van der Waals surface area contributed by atoms with Gasteiger partial charge < -0.3 is 4.74 Å². The number of rotatable bonds is 3. The Morgan fingerprint density at radius 1 is 1.05 bits per heavy atom. The summed E-state index contributed by atoms with van der Waals surface area (Å²) in [7, 11) is 1.62. The second-order valence-corrected chi connectivity index (χ2v) is 4.97. The fourth-order valence-electron chi connectivity index (χ4n) is 2.05. The average Bonchev–Trinajstić information content (AvgIpc) is 2.36. The Kier molecular flexibility index (Phi) is 3.91. The highest BCUT2D eigenvalue weighted by Crippen LogP contribution is 2.22. The predicted molar refractivity (Wildman–Crippen MR) is 77.4 cm³/mol. The van der Waals surface area contributed by atoms with Crippen molar-refractivity contribution >= 4 is 17.4 Å². The third-order valence-corrected chi connectivity index (χ3v) is 3.18. The lowest BCUT2D eigenvalue weighted by Gasteiger charge is -2.08. The zero-order valence-electron chi connectivity index (χ0n) is 11.2. The molecule has 19 heavy (non-hydrogen) atoms. The number of hydrogen-bond acceptors (Lipinski definition) is 2. The van der Waals surface area contributed by atoms with E-state index in [-0.39, 0.29) is 5.78 Å². The van der Waals surface area contributed by atoms with E-state index < -0.39 is 0 Å². The molecule has 0 radical (unpaired) electrons. The molecule has 2 rings (SSSR count). The molecule has 0 unspecified atom stereocenters. The zero-order chi connectivity index (χ0) is 14.0. The van der Waals surface area contributed by atoms with Crippen molar-refractivity contribution < 1.29 is 9.53 Å². The van der Waals surface area contributed by atoms with Crippen molar-refractivity contribution in [1.82, 2.24) is 0 Å². The van der Waals surface area contributed by atoms with Crippen LogP contribution in [0.1, 0.15) is 27.0 Å². The standard InChI is InChI=1S/C16H15ClO2/c1-10-6-13(9-14(17)7-10)16(18)12-4-5-15(19-3)11(2)8-12/h4-9H,1-3H3. The fraction of sp³-hybridized carbons (Fsp3) is 0.188. The van der Waals surface area contributed by atoms with Crippen LogP contribution < -0.4 is 4.74 Å². The molecule has 0 saturated carbocycles. The maximum absolute atomic E-state index is 12.4. The van der Waals surface area contributed by atoms with Crippen molar-refractivity contribution in [3.63, 3.8) is 0 Å². The number of aryl methyl sites for hydroxylation is 2. The molecule has 2 nitrogen and oxygen atoms in total. The highest BCUT2D eigenvalue weighted by atomic mass is 35.5. The summed E-state index contributed by atoms with van der Waals surface area (Å²) in [6.45, 7) is 3.83. The highest BCUT2D eigenvalue weighted by molar-refractivity contribution is 6.31. The molecule has 0 spiro atoms. The summed E-state index contributed by atoms with van der Waals surface area (Å²) in [5.41, 5.74) is 3.16. The molecule has 0 heterocycles. The van der Waals surface area contributed by atoms with Gasteiger partial charge in [0, 0.05) is 16.1 Å². The Morgan fingerprint density at radius 2 is 1.79 bits per heavy atom. The second-order valence-electron chi connectivity index (χ2n) is 4.53. The van der Waals surface area contributed by atoms with Gasteiger partial charge >= 0.3 is 0 Å². The van der Waals surface area contributed by atoms with Crippen LogP contribution in [0.5, 0.6) is 5.75 Å². The molecule has 0 bridgehead atoms. The summed E-state index contributed by atoms with van der Waals surface area (Å²) in [4.78, 5) is 12.4. The SMILES string of the molecule is COc1ccc(C(=O)c2cc(C)cc(Cl)c2)cc1C. The molecule has 0 aliphatic rings. The van der Waals surface area contributed by atoms with Gasteiger partial charge in [0.2, 0.25) is 0 Å². The molecule has 3 heteroatoms. The Bertz CT molecular complexity index is 612. The van der Waals surface area contributed by atoms with E-state index >= 15 is 0 Å². The molecule has 0 aliphatic heterocycles. The first kappa shape index (κ1) is 13.6. The molecule has 98 valence electrons. The Balaban J connectivity index is 2.41. The van der Waals surface area contributed by atoms with E-state index in [1.54, 1.807) is 25.3 Å². The van der Waals surface area contributed by atoms with E-state index in [0.717, 1.165) is 16.9 Å². The molecule has 0 amide bonds. The molecule has 0 fully saturated rings. The number of carbonyl (C=O) groups is 1. The highest BCUT2D eigenvalue weighted by Gasteiger charge is 2.11. The van der Waals surface area contributed by atoms with E-state index in [2.05, 4.69) is 0 Å². The fourth-order valence-corrected chi connectivity index (χ4v) is 2.34. The summed E-state index contributed by atoms with van der Waals surface area (Å²) >= 11 is 5.99. The van der Waals surface area contributed by atoms with Crippen LogP contribution in [0.15, 0.2) is 36.4 Å². The van der Waals surface area contributed by atoms with Gasteiger partial charge in [-0.2, -0.15) is 0 Å². The quantitative estimate of drug-likeness (QED) is 0.784. The van der Waals surface area contributed by atoms with Crippen LogP contribution in [-0.4, -0.2) is 12.9 Å². The molecule has 0 aromatic heterocycles. The summed E-state index contributed by atoms with van der Waals surface area (Å²) in [6.07, 6.45) is 0. The first-order valence-corrected chi connectivity index (χ1v) is 6.35. The molecule has 0 N–H and O–H groups in total. The number of methoxy groups -OCH3 is 1. The average molecular weight is 275 g/mol. The van der Waals surface area contributed by atoms with Crippen molar-refractivity contribution in [3.8, 4) is 5.75 Å². The Hall–Kier alpha value is -1.80. The largest absolute Gasteiger partial charge is 0.496 e. The summed E-state index contributed by atoms with van der Waals surface area (Å²) < 4.78 is 5.19. The minimum Gasteiger partial charge on any atom is -0.496 e. The van der Waals surface area contributed by atoms with E-state index in [0.29, 0.717) is 16.1 Å². The Morgan fingerprint density at radius 3 is 2.37 bits per heavy atom. The molecule has 0 aliphatic carbocycles. The van der Waals surface area contributed by atoms with Crippen LogP contribution in [0, 0.1) is 13.8 Å². The van der Waals surface area contributed by atoms with Gasteiger partial charge in [-0.25, -0.2) is 0 Å². The summed E-state index contributed by atoms with van der Waals surface area (Å²) in [6, 6.07) is 10.8. The van der Waals surface area contributed by atoms with Crippen LogP contribution in [0.2, 0.25) is 5.02 Å². The van der Waals surface area contributed by atoms with Crippen LogP contribution in [0.25, 0.3) is 0 Å². The van der Waals surface area contributed by atoms with Crippen LogP contribution in [-0.2, 0) is 0 Å². The number of hydrogen-bond donors (Lipinski definition) is 0. The van der Waals surface area contributed by atoms with Crippen molar-refractivity contribution in [2.24, 2.45) is 0 Å². The van der Waals surface area contributed by atoms with E-state index in [4.69, 9.17) is 16.3 Å². The van der Waals surface area contributed by atoms with Gasteiger partial charge in [-0.3, -0.25) is 4.79 Å². The predicted octanol–water partition coefficient (Wildman–Crippen LogP) is 4.20. The first-order chi connectivity index (χ1) is 9.01. The van der Waals surface area contributed by atoms with Crippen LogP contribution >= 0.6 is 11.6 Å². The minimum atomic E-state index is -0.0312. The van der Waals surface area contributed by atoms with Crippen molar-refractivity contribution in [2.45, 2.75) is 13.8 Å². The maximum Gasteiger partial charge on any atom is 0.193 e. The third-order valence-electron chi connectivity index (χ3n) is 2.96. The molecular formula is C16H15ClO2. The van der Waals surface area contributed by atoms with Gasteiger partial charge in [0.05, 0.1) is 7.11 Å². The second kappa shape index (κ2) is 5.45. The van der Waals surface area contributed by atoms with Gasteiger partial charge in [-0.05, 0) is 61.4 Å². The van der Waals surface area contributed by atoms with Gasteiger partial charge in [-0.15, -0.1) is 0 Å². The summed E-state index contributed by atoms with van der Waals surface area (Å²) in [5, 5.41) is 0.577. The minimum absolute atomic E-state index is 0.0312. The molecule has 2 aromatic carbocycles.